The number of ether oxygens (including phenoxy) is 2. The molecule has 1 aliphatic heterocycles. The van der Waals surface area contributed by atoms with Crippen molar-refractivity contribution < 1.29 is 14.3 Å². The summed E-state index contributed by atoms with van der Waals surface area (Å²) in [4.78, 5) is 12.3. The molecular weight excluding hydrogens is 254 g/mol. The molecule has 4 heteroatoms. The number of carbonyl (C=O) groups excluding carboxylic acids is 1. The lowest BCUT2D eigenvalue weighted by Crippen LogP contribution is -2.48. The average Bonchev–Trinajstić information content (AvgIpc) is 2.35. The van der Waals surface area contributed by atoms with Crippen molar-refractivity contribution >= 4 is 5.91 Å². The summed E-state index contributed by atoms with van der Waals surface area (Å²) in [7, 11) is 0. The monoisotopic (exact) mass is 283 g/mol. The molecule has 0 aromatic heterocycles. The predicted octanol–water partition coefficient (Wildman–Crippen LogP) is 2.51. The number of amides is 1. The van der Waals surface area contributed by atoms with Crippen molar-refractivity contribution in [3.05, 3.63) is 0 Å². The van der Waals surface area contributed by atoms with Crippen LogP contribution in [0.3, 0.4) is 0 Å². The molecule has 116 valence electrons. The number of nitrogens with one attached hydrogen (secondary N) is 1. The molecule has 0 aromatic carbocycles. The summed E-state index contributed by atoms with van der Waals surface area (Å²) in [6.07, 6.45) is 5.26. The molecule has 1 heterocycles. The minimum Gasteiger partial charge on any atom is -0.381 e. The highest BCUT2D eigenvalue weighted by atomic mass is 16.5. The molecule has 1 unspecified atom stereocenters. The topological polar surface area (TPSA) is 47.6 Å². The van der Waals surface area contributed by atoms with E-state index >= 15 is 0 Å². The Balaban J connectivity index is 1.79. The molecule has 0 aromatic rings. The molecule has 0 bridgehead atoms. The van der Waals surface area contributed by atoms with Crippen LogP contribution in [0.2, 0.25) is 0 Å². The van der Waals surface area contributed by atoms with E-state index in [1.165, 1.54) is 19.3 Å². The summed E-state index contributed by atoms with van der Waals surface area (Å²) in [5, 5.41) is 3.17. The standard InChI is InChI=1S/C16H29NO3/c1-4-19-12-16(7-5-8-16)11-17-14(18)13-6-9-20-15(2,3)10-13/h13H,4-12H2,1-3H3,(H,17,18). The van der Waals surface area contributed by atoms with E-state index in [0.29, 0.717) is 6.61 Å². The second-order valence-corrected chi connectivity index (χ2v) is 7.01. The molecule has 2 aliphatic rings. The van der Waals surface area contributed by atoms with Gasteiger partial charge < -0.3 is 14.8 Å². The third-order valence-corrected chi connectivity index (χ3v) is 4.73. The van der Waals surface area contributed by atoms with Gasteiger partial charge in [0.25, 0.3) is 0 Å². The van der Waals surface area contributed by atoms with Gasteiger partial charge in [-0.1, -0.05) is 6.42 Å². The summed E-state index contributed by atoms with van der Waals surface area (Å²) in [6.45, 7) is 9.14. The molecule has 0 radical (unpaired) electrons. The Hall–Kier alpha value is -0.610. The highest BCUT2D eigenvalue weighted by molar-refractivity contribution is 5.78. The summed E-state index contributed by atoms with van der Waals surface area (Å²) in [5.41, 5.74) is 0.0338. The summed E-state index contributed by atoms with van der Waals surface area (Å²) < 4.78 is 11.3. The first-order valence-electron chi connectivity index (χ1n) is 7.96. The predicted molar refractivity (Wildman–Crippen MR) is 78.5 cm³/mol. The van der Waals surface area contributed by atoms with Gasteiger partial charge in [-0.15, -0.1) is 0 Å². The lowest BCUT2D eigenvalue weighted by Gasteiger charge is -2.42. The fourth-order valence-corrected chi connectivity index (χ4v) is 3.24. The first-order chi connectivity index (χ1) is 9.46. The second-order valence-electron chi connectivity index (χ2n) is 7.01. The van der Waals surface area contributed by atoms with Crippen LogP contribution in [0.1, 0.15) is 52.9 Å². The quantitative estimate of drug-likeness (QED) is 0.815. The molecule has 1 atom stereocenters. The highest BCUT2D eigenvalue weighted by Crippen LogP contribution is 2.40. The van der Waals surface area contributed by atoms with E-state index in [0.717, 1.165) is 32.6 Å². The fourth-order valence-electron chi connectivity index (χ4n) is 3.24. The van der Waals surface area contributed by atoms with E-state index in [-0.39, 0.29) is 22.8 Å². The third kappa shape index (κ3) is 3.95. The molecule has 2 fully saturated rings. The largest absolute Gasteiger partial charge is 0.381 e. The second kappa shape index (κ2) is 6.44. The molecule has 2 rings (SSSR count). The number of rotatable bonds is 6. The SMILES string of the molecule is CCOCC1(CNC(=O)C2CCOC(C)(C)C2)CCC1. The van der Waals surface area contributed by atoms with Crippen LogP contribution in [0.4, 0.5) is 0 Å². The van der Waals surface area contributed by atoms with Crippen LogP contribution in [0, 0.1) is 11.3 Å². The van der Waals surface area contributed by atoms with E-state index in [9.17, 15) is 4.79 Å². The van der Waals surface area contributed by atoms with Crippen molar-refractivity contribution in [2.75, 3.05) is 26.4 Å². The smallest absolute Gasteiger partial charge is 0.223 e. The van der Waals surface area contributed by atoms with Crippen molar-refractivity contribution in [3.63, 3.8) is 0 Å². The van der Waals surface area contributed by atoms with Crippen LogP contribution in [-0.2, 0) is 14.3 Å². The van der Waals surface area contributed by atoms with Crippen LogP contribution >= 0.6 is 0 Å². The zero-order valence-electron chi connectivity index (χ0n) is 13.2. The van der Waals surface area contributed by atoms with Crippen LogP contribution in [0.5, 0.6) is 0 Å². The lowest BCUT2D eigenvalue weighted by molar-refractivity contribution is -0.136. The minimum atomic E-state index is -0.167. The Bertz CT molecular complexity index is 337. The van der Waals surface area contributed by atoms with E-state index in [4.69, 9.17) is 9.47 Å². The molecule has 1 N–H and O–H groups in total. The summed E-state index contributed by atoms with van der Waals surface area (Å²) in [5.74, 6) is 0.298. The maximum Gasteiger partial charge on any atom is 0.223 e. The van der Waals surface area contributed by atoms with Crippen LogP contribution in [0.25, 0.3) is 0 Å². The maximum atomic E-state index is 12.3. The van der Waals surface area contributed by atoms with Gasteiger partial charge in [0.2, 0.25) is 5.91 Å². The fraction of sp³-hybridized carbons (Fsp3) is 0.938. The van der Waals surface area contributed by atoms with Gasteiger partial charge in [-0.05, 0) is 46.5 Å². The Morgan fingerprint density at radius 1 is 1.40 bits per heavy atom. The van der Waals surface area contributed by atoms with Crippen molar-refractivity contribution in [3.8, 4) is 0 Å². The van der Waals surface area contributed by atoms with Gasteiger partial charge in [-0.3, -0.25) is 4.79 Å². The van der Waals surface area contributed by atoms with Gasteiger partial charge in [-0.25, -0.2) is 0 Å². The van der Waals surface area contributed by atoms with E-state index < -0.39 is 0 Å². The van der Waals surface area contributed by atoms with Crippen molar-refractivity contribution in [1.29, 1.82) is 0 Å². The molecule has 20 heavy (non-hydrogen) atoms. The number of hydrogen-bond donors (Lipinski definition) is 1. The minimum absolute atomic E-state index is 0.1000. The lowest BCUT2D eigenvalue weighted by atomic mass is 9.69. The Kier molecular flexibility index (Phi) is 5.08. The molecule has 0 spiro atoms. The zero-order valence-corrected chi connectivity index (χ0v) is 13.2. The zero-order chi connectivity index (χ0) is 14.6. The molecule has 1 aliphatic carbocycles. The molecular formula is C16H29NO3. The molecule has 1 saturated carbocycles. The van der Waals surface area contributed by atoms with Gasteiger partial charge in [0.05, 0.1) is 12.2 Å². The van der Waals surface area contributed by atoms with Crippen molar-refractivity contribution in [2.24, 2.45) is 11.3 Å². The van der Waals surface area contributed by atoms with E-state index in [1.54, 1.807) is 0 Å². The highest BCUT2D eigenvalue weighted by Gasteiger charge is 2.39. The van der Waals surface area contributed by atoms with E-state index in [2.05, 4.69) is 19.2 Å². The van der Waals surface area contributed by atoms with E-state index in [1.807, 2.05) is 6.92 Å². The van der Waals surface area contributed by atoms with Gasteiger partial charge >= 0.3 is 0 Å². The van der Waals surface area contributed by atoms with Gasteiger partial charge in [0.15, 0.2) is 0 Å². The van der Waals surface area contributed by atoms with Crippen LogP contribution in [-0.4, -0.2) is 37.9 Å². The van der Waals surface area contributed by atoms with Gasteiger partial charge in [0.1, 0.15) is 0 Å². The van der Waals surface area contributed by atoms with Gasteiger partial charge in [0, 0.05) is 31.1 Å². The summed E-state index contributed by atoms with van der Waals surface area (Å²) >= 11 is 0. The van der Waals surface area contributed by atoms with Gasteiger partial charge in [-0.2, -0.15) is 0 Å². The Morgan fingerprint density at radius 3 is 2.70 bits per heavy atom. The summed E-state index contributed by atoms with van der Waals surface area (Å²) in [6, 6.07) is 0. The normalized spacial score (nSPS) is 27.6. The molecule has 4 nitrogen and oxygen atoms in total. The maximum absolute atomic E-state index is 12.3. The first kappa shape index (κ1) is 15.8. The number of hydrogen-bond acceptors (Lipinski definition) is 3. The Labute approximate surface area is 122 Å². The van der Waals surface area contributed by atoms with Crippen molar-refractivity contribution in [1.82, 2.24) is 5.32 Å². The first-order valence-corrected chi connectivity index (χ1v) is 7.96. The Morgan fingerprint density at radius 2 is 2.15 bits per heavy atom. The molecule has 1 amide bonds. The third-order valence-electron chi connectivity index (χ3n) is 4.73. The average molecular weight is 283 g/mol. The van der Waals surface area contributed by atoms with Crippen LogP contribution in [0.15, 0.2) is 0 Å². The number of carbonyl (C=O) groups is 1. The van der Waals surface area contributed by atoms with Crippen LogP contribution < -0.4 is 5.32 Å². The molecule has 1 saturated heterocycles. The van der Waals surface area contributed by atoms with Crippen molar-refractivity contribution in [2.45, 2.75) is 58.5 Å².